The van der Waals surface area contributed by atoms with Crippen LogP contribution in [0.2, 0.25) is 0 Å². The molecule has 0 bridgehead atoms. The Bertz CT molecular complexity index is 290. The molecule has 0 spiro atoms. The number of halogens is 1. The van der Waals surface area contributed by atoms with Crippen molar-refractivity contribution in [2.24, 2.45) is 0 Å². The number of nitrogens with two attached hydrogens (primary N) is 2. The molecule has 0 amide bonds. The first-order chi connectivity index (χ1) is 5.65. The van der Waals surface area contributed by atoms with Gasteiger partial charge < -0.3 is 4.74 Å². The summed E-state index contributed by atoms with van der Waals surface area (Å²) in [6.07, 6.45) is 1.65. The summed E-state index contributed by atoms with van der Waals surface area (Å²) in [5.41, 5.74) is 5.56. The molecule has 4 N–H and O–H groups in total. The molecule has 0 unspecified atom stereocenters. The van der Waals surface area contributed by atoms with Crippen LogP contribution in [-0.4, -0.2) is 6.61 Å². The van der Waals surface area contributed by atoms with Crippen LogP contribution in [0.15, 0.2) is 16.7 Å². The number of rotatable bonds is 2. The third kappa shape index (κ3) is 1.79. The second-order valence-corrected chi connectivity index (χ2v) is 3.11. The second-order valence-electron chi connectivity index (χ2n) is 2.25. The van der Waals surface area contributed by atoms with Crippen LogP contribution in [-0.2, 0) is 0 Å². The monoisotopic (exact) mass is 232 g/mol. The molecule has 1 aromatic heterocycles. The van der Waals surface area contributed by atoms with Crippen LogP contribution < -0.4 is 21.0 Å². The van der Waals surface area contributed by atoms with Gasteiger partial charge in [0.15, 0.2) is 0 Å². The van der Waals surface area contributed by atoms with Gasteiger partial charge in [0.2, 0.25) is 0 Å². The molecular formula is C7H11BrN3O+. The maximum Gasteiger partial charge on any atom is 0.299 e. The Hall–Kier alpha value is -0.970. The molecule has 0 aliphatic carbocycles. The van der Waals surface area contributed by atoms with Crippen LogP contribution in [0.5, 0.6) is 5.75 Å². The van der Waals surface area contributed by atoms with Gasteiger partial charge in [0, 0.05) is 0 Å². The molecular weight excluding hydrogens is 222 g/mol. The Morgan fingerprint density at radius 1 is 1.67 bits per heavy atom. The lowest BCUT2D eigenvalue weighted by atomic mass is 10.4. The van der Waals surface area contributed by atoms with Crippen molar-refractivity contribution in [2.75, 3.05) is 18.2 Å². The van der Waals surface area contributed by atoms with Gasteiger partial charge in [-0.1, -0.05) is 0 Å². The van der Waals surface area contributed by atoms with E-state index in [-0.39, 0.29) is 0 Å². The highest BCUT2D eigenvalue weighted by molar-refractivity contribution is 9.10. The first-order valence-electron chi connectivity index (χ1n) is 3.53. The van der Waals surface area contributed by atoms with Gasteiger partial charge in [-0.3, -0.25) is 11.6 Å². The molecule has 0 saturated heterocycles. The smallest absolute Gasteiger partial charge is 0.299 e. The molecule has 0 aromatic carbocycles. The normalized spacial score (nSPS) is 9.83. The summed E-state index contributed by atoms with van der Waals surface area (Å²) in [4.78, 5) is 0. The average molecular weight is 233 g/mol. The zero-order valence-corrected chi connectivity index (χ0v) is 8.34. The zero-order chi connectivity index (χ0) is 9.14. The van der Waals surface area contributed by atoms with E-state index in [4.69, 9.17) is 16.3 Å². The van der Waals surface area contributed by atoms with Crippen LogP contribution in [0.3, 0.4) is 0 Å². The highest BCUT2D eigenvalue weighted by atomic mass is 79.9. The number of hydrogen-bond donors (Lipinski definition) is 2. The van der Waals surface area contributed by atoms with Crippen LogP contribution in [0.4, 0.5) is 5.82 Å². The summed E-state index contributed by atoms with van der Waals surface area (Å²) in [6, 6.07) is 1.67. The summed E-state index contributed by atoms with van der Waals surface area (Å²) in [7, 11) is 0. The zero-order valence-electron chi connectivity index (χ0n) is 6.75. The number of anilines is 1. The van der Waals surface area contributed by atoms with E-state index in [0.29, 0.717) is 18.2 Å². The number of aromatic nitrogens is 1. The molecule has 1 heterocycles. The molecule has 0 aliphatic rings. The van der Waals surface area contributed by atoms with E-state index in [0.717, 1.165) is 4.47 Å². The first kappa shape index (κ1) is 9.12. The van der Waals surface area contributed by atoms with Gasteiger partial charge in [0.1, 0.15) is 16.4 Å². The van der Waals surface area contributed by atoms with Gasteiger partial charge in [-0.2, -0.15) is 0 Å². The second kappa shape index (κ2) is 3.62. The fraction of sp³-hybridized carbons (Fsp3) is 0.286. The SMILES string of the molecule is CCOc1cc(N)[n+](N)cc1Br. The van der Waals surface area contributed by atoms with Crippen molar-refractivity contribution in [3.8, 4) is 5.75 Å². The van der Waals surface area contributed by atoms with Crippen molar-refractivity contribution < 1.29 is 9.41 Å². The van der Waals surface area contributed by atoms with Gasteiger partial charge in [-0.25, -0.2) is 0 Å². The van der Waals surface area contributed by atoms with E-state index in [9.17, 15) is 0 Å². The molecule has 0 atom stereocenters. The number of nitrogen functional groups attached to an aromatic ring is 2. The summed E-state index contributed by atoms with van der Waals surface area (Å²) in [5.74, 6) is 6.66. The molecule has 1 rings (SSSR count). The van der Waals surface area contributed by atoms with E-state index >= 15 is 0 Å². The van der Waals surface area contributed by atoms with Crippen molar-refractivity contribution in [1.29, 1.82) is 0 Å². The Morgan fingerprint density at radius 3 is 2.92 bits per heavy atom. The van der Waals surface area contributed by atoms with Gasteiger partial charge in [0.25, 0.3) is 5.82 Å². The van der Waals surface area contributed by atoms with Gasteiger partial charge in [-0.15, -0.1) is 4.68 Å². The Balaban J connectivity index is 3.05. The van der Waals surface area contributed by atoms with Crippen molar-refractivity contribution >= 4 is 21.7 Å². The molecule has 12 heavy (non-hydrogen) atoms. The maximum absolute atomic E-state index is 5.56. The molecule has 0 fully saturated rings. The lowest BCUT2D eigenvalue weighted by Gasteiger charge is -2.05. The highest BCUT2D eigenvalue weighted by Gasteiger charge is 2.08. The number of nitrogens with zero attached hydrogens (tertiary/aromatic N) is 1. The largest absolute Gasteiger partial charge is 0.492 e. The van der Waals surface area contributed by atoms with Crippen LogP contribution in [0.1, 0.15) is 6.92 Å². The molecule has 0 saturated carbocycles. The Kier molecular flexibility index (Phi) is 2.75. The summed E-state index contributed by atoms with van der Waals surface area (Å²) >= 11 is 3.30. The van der Waals surface area contributed by atoms with Crippen molar-refractivity contribution in [1.82, 2.24) is 0 Å². The van der Waals surface area contributed by atoms with Crippen LogP contribution in [0.25, 0.3) is 0 Å². The van der Waals surface area contributed by atoms with Crippen LogP contribution in [0, 0.1) is 0 Å². The topological polar surface area (TPSA) is 65.2 Å². The molecule has 0 radical (unpaired) electrons. The van der Waals surface area contributed by atoms with Gasteiger partial charge >= 0.3 is 0 Å². The third-order valence-corrected chi connectivity index (χ3v) is 1.96. The summed E-state index contributed by atoms with van der Waals surface area (Å²) in [5, 5.41) is 0. The molecule has 1 aromatic rings. The Morgan fingerprint density at radius 2 is 2.33 bits per heavy atom. The fourth-order valence-electron chi connectivity index (χ4n) is 0.804. The molecule has 4 nitrogen and oxygen atoms in total. The summed E-state index contributed by atoms with van der Waals surface area (Å²) < 4.78 is 7.40. The van der Waals surface area contributed by atoms with Crippen molar-refractivity contribution in [3.05, 3.63) is 16.7 Å². The first-order valence-corrected chi connectivity index (χ1v) is 4.33. The number of hydrogen-bond acceptors (Lipinski definition) is 3. The fourth-order valence-corrected chi connectivity index (χ4v) is 1.25. The summed E-state index contributed by atoms with van der Waals surface area (Å²) in [6.45, 7) is 2.51. The lowest BCUT2D eigenvalue weighted by molar-refractivity contribution is -0.624. The minimum Gasteiger partial charge on any atom is -0.492 e. The predicted octanol–water partition coefficient (Wildman–Crippen LogP) is 0.431. The number of pyridine rings is 1. The third-order valence-electron chi connectivity index (χ3n) is 1.36. The van der Waals surface area contributed by atoms with Gasteiger partial charge in [-0.05, 0) is 22.9 Å². The molecule has 0 aliphatic heterocycles. The minimum absolute atomic E-state index is 0.460. The Labute approximate surface area is 79.2 Å². The van der Waals surface area contributed by atoms with E-state index in [2.05, 4.69) is 15.9 Å². The predicted molar refractivity (Wildman–Crippen MR) is 50.1 cm³/mol. The van der Waals surface area contributed by atoms with E-state index in [1.54, 1.807) is 12.3 Å². The van der Waals surface area contributed by atoms with E-state index in [1.165, 1.54) is 4.68 Å². The average Bonchev–Trinajstić information content (AvgIpc) is 2.01. The maximum atomic E-state index is 5.56. The standard InChI is InChI=1S/C7H10BrN3O/c1-2-12-6-3-7(9)11(10)4-5(6)8/h3-4,9H,2,10H2,1H3/p+1. The minimum atomic E-state index is 0.460. The molecule has 5 heteroatoms. The van der Waals surface area contributed by atoms with E-state index in [1.807, 2.05) is 6.92 Å². The molecule has 66 valence electrons. The lowest BCUT2D eigenvalue weighted by Crippen LogP contribution is -2.46. The van der Waals surface area contributed by atoms with Crippen molar-refractivity contribution in [2.45, 2.75) is 6.92 Å². The van der Waals surface area contributed by atoms with E-state index < -0.39 is 0 Å². The quantitative estimate of drug-likeness (QED) is 0.575. The van der Waals surface area contributed by atoms with Crippen LogP contribution >= 0.6 is 15.9 Å². The van der Waals surface area contributed by atoms with Gasteiger partial charge in [0.05, 0.1) is 12.7 Å². The van der Waals surface area contributed by atoms with Crippen molar-refractivity contribution in [3.63, 3.8) is 0 Å². The highest BCUT2D eigenvalue weighted by Crippen LogP contribution is 2.23. The number of ether oxygens (including phenoxy) is 1.